The van der Waals surface area contributed by atoms with Crippen molar-refractivity contribution in [3.05, 3.63) is 69.3 Å². The Balaban J connectivity index is 1.76. The lowest BCUT2D eigenvalue weighted by molar-refractivity contribution is -0.385. The van der Waals surface area contributed by atoms with E-state index in [0.29, 0.717) is 30.6 Å². The molecule has 2 aromatic rings. The lowest BCUT2D eigenvalue weighted by Crippen LogP contribution is -2.17. The van der Waals surface area contributed by atoms with Gasteiger partial charge in [0.25, 0.3) is 5.69 Å². The number of carbonyl (C=O) groups is 1. The van der Waals surface area contributed by atoms with Crippen LogP contribution < -0.4 is 10.2 Å². The average Bonchev–Trinajstić information content (AvgIpc) is 2.64. The summed E-state index contributed by atoms with van der Waals surface area (Å²) in [6.07, 6.45) is 3.23. The standard InChI is InChI=1S/C20H23N3O4/c1-3-27-18-11-9-16(10-12-18)5-4-6-20(24)22-21-14-17-8-7-15(2)19(13-17)23(25)26/h7-14H,3-6H2,1-2H3,(H,22,24)/b21-14-. The van der Waals surface area contributed by atoms with Gasteiger partial charge in [0.05, 0.1) is 17.7 Å². The Hall–Kier alpha value is -3.22. The molecule has 2 rings (SSSR count). The van der Waals surface area contributed by atoms with Gasteiger partial charge in [-0.2, -0.15) is 5.10 Å². The summed E-state index contributed by atoms with van der Waals surface area (Å²) in [5.41, 5.74) is 4.75. The molecule has 0 saturated heterocycles. The molecule has 142 valence electrons. The summed E-state index contributed by atoms with van der Waals surface area (Å²) in [5.74, 6) is 0.642. The van der Waals surface area contributed by atoms with Crippen LogP contribution in [-0.4, -0.2) is 23.7 Å². The number of carbonyl (C=O) groups excluding carboxylic acids is 1. The van der Waals surface area contributed by atoms with Crippen molar-refractivity contribution in [1.29, 1.82) is 0 Å². The van der Waals surface area contributed by atoms with E-state index in [2.05, 4.69) is 10.5 Å². The number of ether oxygens (including phenoxy) is 1. The van der Waals surface area contributed by atoms with Crippen molar-refractivity contribution in [1.82, 2.24) is 5.43 Å². The largest absolute Gasteiger partial charge is 0.494 e. The van der Waals surface area contributed by atoms with Crippen LogP contribution in [0.3, 0.4) is 0 Å². The molecule has 7 heteroatoms. The predicted molar refractivity (Wildman–Crippen MR) is 104 cm³/mol. The molecule has 0 bridgehead atoms. The molecule has 0 aliphatic heterocycles. The van der Waals surface area contributed by atoms with Crippen LogP contribution in [0.1, 0.15) is 36.5 Å². The molecule has 0 aromatic heterocycles. The van der Waals surface area contributed by atoms with Crippen molar-refractivity contribution in [3.8, 4) is 5.75 Å². The van der Waals surface area contributed by atoms with E-state index in [0.717, 1.165) is 17.7 Å². The number of nitrogens with one attached hydrogen (secondary N) is 1. The second-order valence-corrected chi connectivity index (χ2v) is 6.03. The van der Waals surface area contributed by atoms with Crippen LogP contribution in [0.5, 0.6) is 5.75 Å². The van der Waals surface area contributed by atoms with Gasteiger partial charge < -0.3 is 4.74 Å². The highest BCUT2D eigenvalue weighted by atomic mass is 16.6. The molecule has 0 aliphatic carbocycles. The second-order valence-electron chi connectivity index (χ2n) is 6.03. The van der Waals surface area contributed by atoms with E-state index in [-0.39, 0.29) is 11.6 Å². The number of nitrogens with zero attached hydrogens (tertiary/aromatic N) is 2. The van der Waals surface area contributed by atoms with Crippen LogP contribution in [0.4, 0.5) is 5.69 Å². The molecular weight excluding hydrogens is 346 g/mol. The Morgan fingerprint density at radius 2 is 2.00 bits per heavy atom. The van der Waals surface area contributed by atoms with Gasteiger partial charge in [-0.05, 0) is 44.4 Å². The Labute approximate surface area is 158 Å². The van der Waals surface area contributed by atoms with Gasteiger partial charge in [0, 0.05) is 23.6 Å². The van der Waals surface area contributed by atoms with Crippen molar-refractivity contribution in [2.24, 2.45) is 5.10 Å². The number of hydrogen-bond donors (Lipinski definition) is 1. The minimum atomic E-state index is -0.438. The van der Waals surface area contributed by atoms with E-state index in [1.54, 1.807) is 19.1 Å². The summed E-state index contributed by atoms with van der Waals surface area (Å²) in [5, 5.41) is 14.8. The molecule has 2 aromatic carbocycles. The smallest absolute Gasteiger partial charge is 0.272 e. The zero-order valence-corrected chi connectivity index (χ0v) is 15.5. The minimum absolute atomic E-state index is 0.0284. The van der Waals surface area contributed by atoms with E-state index < -0.39 is 4.92 Å². The van der Waals surface area contributed by atoms with Crippen LogP contribution >= 0.6 is 0 Å². The van der Waals surface area contributed by atoms with Crippen LogP contribution in [0, 0.1) is 17.0 Å². The highest BCUT2D eigenvalue weighted by Gasteiger charge is 2.10. The Morgan fingerprint density at radius 3 is 2.67 bits per heavy atom. The molecule has 27 heavy (non-hydrogen) atoms. The number of nitro groups is 1. The fraction of sp³-hybridized carbons (Fsp3) is 0.300. The third-order valence-corrected chi connectivity index (χ3v) is 3.94. The molecule has 0 atom stereocenters. The van der Waals surface area contributed by atoms with Gasteiger partial charge in [-0.3, -0.25) is 14.9 Å². The lowest BCUT2D eigenvalue weighted by Gasteiger charge is -2.05. The summed E-state index contributed by atoms with van der Waals surface area (Å²) in [4.78, 5) is 22.3. The van der Waals surface area contributed by atoms with Crippen LogP contribution in [0.2, 0.25) is 0 Å². The van der Waals surface area contributed by atoms with E-state index in [9.17, 15) is 14.9 Å². The summed E-state index contributed by atoms with van der Waals surface area (Å²) < 4.78 is 5.39. The highest BCUT2D eigenvalue weighted by molar-refractivity contribution is 5.83. The van der Waals surface area contributed by atoms with Gasteiger partial charge in [0.1, 0.15) is 5.75 Å². The van der Waals surface area contributed by atoms with Crippen molar-refractivity contribution in [2.75, 3.05) is 6.61 Å². The normalized spacial score (nSPS) is 10.7. The molecule has 0 heterocycles. The van der Waals surface area contributed by atoms with Crippen molar-refractivity contribution >= 4 is 17.8 Å². The third kappa shape index (κ3) is 6.54. The van der Waals surface area contributed by atoms with Gasteiger partial charge in [-0.15, -0.1) is 0 Å². The van der Waals surface area contributed by atoms with Gasteiger partial charge in [-0.25, -0.2) is 5.43 Å². The van der Waals surface area contributed by atoms with E-state index in [1.807, 2.05) is 31.2 Å². The molecule has 0 radical (unpaired) electrons. The number of aryl methyl sites for hydroxylation is 2. The number of hydrazone groups is 1. The summed E-state index contributed by atoms with van der Waals surface area (Å²) in [6.45, 7) is 4.25. The SMILES string of the molecule is CCOc1ccc(CCCC(=O)N/N=C\c2ccc(C)c([N+](=O)[O-])c2)cc1. The van der Waals surface area contributed by atoms with E-state index >= 15 is 0 Å². The summed E-state index contributed by atoms with van der Waals surface area (Å²) >= 11 is 0. The maximum absolute atomic E-state index is 11.8. The van der Waals surface area contributed by atoms with E-state index in [1.165, 1.54) is 12.3 Å². The Bertz CT molecular complexity index is 816. The molecule has 0 aliphatic rings. The average molecular weight is 369 g/mol. The van der Waals surface area contributed by atoms with Gasteiger partial charge in [0.2, 0.25) is 5.91 Å². The second kappa shape index (κ2) is 10.1. The highest BCUT2D eigenvalue weighted by Crippen LogP contribution is 2.18. The monoisotopic (exact) mass is 369 g/mol. The first-order valence-corrected chi connectivity index (χ1v) is 8.78. The Morgan fingerprint density at radius 1 is 1.26 bits per heavy atom. The lowest BCUT2D eigenvalue weighted by atomic mass is 10.1. The third-order valence-electron chi connectivity index (χ3n) is 3.94. The summed E-state index contributed by atoms with van der Waals surface area (Å²) in [7, 11) is 0. The van der Waals surface area contributed by atoms with Crippen molar-refractivity contribution < 1.29 is 14.5 Å². The minimum Gasteiger partial charge on any atom is -0.494 e. The fourth-order valence-corrected chi connectivity index (χ4v) is 2.51. The van der Waals surface area contributed by atoms with E-state index in [4.69, 9.17) is 4.74 Å². The maximum Gasteiger partial charge on any atom is 0.272 e. The predicted octanol–water partition coefficient (Wildman–Crippen LogP) is 3.77. The number of benzene rings is 2. The quantitative estimate of drug-likeness (QED) is 0.413. The van der Waals surface area contributed by atoms with Crippen molar-refractivity contribution in [3.63, 3.8) is 0 Å². The molecule has 0 unspecified atom stereocenters. The molecule has 0 saturated carbocycles. The first kappa shape index (κ1) is 20.1. The molecule has 1 amide bonds. The van der Waals surface area contributed by atoms with Crippen LogP contribution in [0.25, 0.3) is 0 Å². The fourth-order valence-electron chi connectivity index (χ4n) is 2.51. The topological polar surface area (TPSA) is 93.8 Å². The van der Waals surface area contributed by atoms with Gasteiger partial charge in [0.15, 0.2) is 0 Å². The van der Waals surface area contributed by atoms with Gasteiger partial charge in [-0.1, -0.05) is 24.3 Å². The molecule has 0 spiro atoms. The first-order chi connectivity index (χ1) is 13.0. The Kier molecular flexibility index (Phi) is 7.49. The molecule has 7 nitrogen and oxygen atoms in total. The number of rotatable bonds is 9. The number of nitro benzene ring substituents is 1. The number of amides is 1. The summed E-state index contributed by atoms with van der Waals surface area (Å²) in [6, 6.07) is 12.6. The van der Waals surface area contributed by atoms with Gasteiger partial charge >= 0.3 is 0 Å². The van der Waals surface area contributed by atoms with Crippen molar-refractivity contribution in [2.45, 2.75) is 33.1 Å². The zero-order valence-electron chi connectivity index (χ0n) is 15.5. The van der Waals surface area contributed by atoms with Crippen LogP contribution in [-0.2, 0) is 11.2 Å². The zero-order chi connectivity index (χ0) is 19.6. The first-order valence-electron chi connectivity index (χ1n) is 8.78. The molecule has 1 N–H and O–H groups in total. The number of hydrogen-bond acceptors (Lipinski definition) is 5. The molecular formula is C20H23N3O4. The maximum atomic E-state index is 11.8. The van der Waals surface area contributed by atoms with Crippen LogP contribution in [0.15, 0.2) is 47.6 Å². The molecule has 0 fully saturated rings.